The molecule has 4 heteroatoms. The average molecular weight is 480 g/mol. The molecule has 5 aliphatic rings. The van der Waals surface area contributed by atoms with Crippen LogP contribution >= 0.6 is 15.9 Å². The summed E-state index contributed by atoms with van der Waals surface area (Å²) in [5, 5.41) is 0.276. The van der Waals surface area contributed by atoms with E-state index in [1.807, 2.05) is 0 Å². The Kier molecular flexibility index (Phi) is 4.40. The Bertz CT molecular complexity index is 782. The molecule has 4 saturated carbocycles. The molecule has 0 amide bonds. The lowest BCUT2D eigenvalue weighted by Crippen LogP contribution is -2.52. The van der Waals surface area contributed by atoms with Crippen LogP contribution in [-0.2, 0) is 9.22 Å². The van der Waals surface area contributed by atoms with Gasteiger partial charge in [0.1, 0.15) is 0 Å². The summed E-state index contributed by atoms with van der Waals surface area (Å²) in [5.41, 5.74) is 2.58. The molecule has 162 valence electrons. The monoisotopic (exact) mass is 478 g/mol. The van der Waals surface area contributed by atoms with Crippen molar-refractivity contribution >= 4 is 30.0 Å². The number of carbonyl (C=O) groups excluding carboxylic acids is 1. The van der Waals surface area contributed by atoms with Crippen molar-refractivity contribution in [2.75, 3.05) is 0 Å². The van der Waals surface area contributed by atoms with E-state index < -0.39 is 8.32 Å². The van der Waals surface area contributed by atoms with Crippen LogP contribution in [0.1, 0.15) is 79.1 Å². The summed E-state index contributed by atoms with van der Waals surface area (Å²) >= 11 is 4.19. The van der Waals surface area contributed by atoms with E-state index in [9.17, 15) is 4.79 Å². The van der Waals surface area contributed by atoms with Gasteiger partial charge in [0.25, 0.3) is 0 Å². The third-order valence-corrected chi connectivity index (χ3v) is 16.9. The first-order valence-corrected chi connectivity index (χ1v) is 15.8. The number of allylic oxidation sites excluding steroid dienone is 1. The van der Waals surface area contributed by atoms with E-state index in [4.69, 9.17) is 4.43 Å². The fraction of sp³-hybridized carbons (Fsp3) is 0.880. The maximum Gasteiger partial charge on any atom is 0.192 e. The van der Waals surface area contributed by atoms with Gasteiger partial charge in [-0.3, -0.25) is 4.79 Å². The Hall–Kier alpha value is 0.0669. The van der Waals surface area contributed by atoms with Gasteiger partial charge >= 0.3 is 0 Å². The first kappa shape index (κ1) is 20.9. The van der Waals surface area contributed by atoms with Gasteiger partial charge in [0.05, 0.1) is 6.10 Å². The Balaban J connectivity index is 1.44. The predicted molar refractivity (Wildman–Crippen MR) is 125 cm³/mol. The van der Waals surface area contributed by atoms with Crippen molar-refractivity contribution in [2.45, 2.75) is 108 Å². The summed E-state index contributed by atoms with van der Waals surface area (Å²) < 4.78 is 7.08. The topological polar surface area (TPSA) is 26.3 Å². The molecular formula is C25H39BrO2Si. The second-order valence-corrected chi connectivity index (χ2v) is 18.4. The number of hydrogen-bond donors (Lipinski definition) is 0. The zero-order valence-electron chi connectivity index (χ0n) is 19.2. The van der Waals surface area contributed by atoms with Gasteiger partial charge in [-0.15, -0.1) is 0 Å². The summed E-state index contributed by atoms with van der Waals surface area (Å²) in [4.78, 5) is 12.7. The second-order valence-electron chi connectivity index (χ2n) is 12.7. The fourth-order valence-electron chi connectivity index (χ4n) is 8.18. The molecule has 0 aromatic rings. The number of rotatable bonds is 2. The van der Waals surface area contributed by atoms with Crippen molar-refractivity contribution in [3.8, 4) is 0 Å². The molecule has 0 unspecified atom stereocenters. The van der Waals surface area contributed by atoms with Crippen molar-refractivity contribution in [2.24, 2.45) is 28.1 Å². The highest BCUT2D eigenvalue weighted by Crippen LogP contribution is 2.86. The molecule has 0 aliphatic heterocycles. The molecule has 0 aromatic carbocycles. The Labute approximate surface area is 186 Å². The molecule has 0 N–H and O–H groups in total. The number of fused-ring (bicyclic) bond motifs is 2. The number of carbonyl (C=O) groups is 1. The molecule has 0 saturated heterocycles. The molecule has 5 aliphatic carbocycles. The fourth-order valence-corrected chi connectivity index (χ4v) is 11.4. The zero-order chi connectivity index (χ0) is 21.0. The van der Waals surface area contributed by atoms with E-state index in [1.165, 1.54) is 37.7 Å². The van der Waals surface area contributed by atoms with E-state index in [-0.39, 0.29) is 5.04 Å². The minimum atomic E-state index is -1.75. The number of alkyl halides is 1. The normalized spacial score (nSPS) is 48.9. The number of hydrogen-bond acceptors (Lipinski definition) is 2. The largest absolute Gasteiger partial charge is 0.413 e. The lowest BCUT2D eigenvalue weighted by Gasteiger charge is -2.54. The van der Waals surface area contributed by atoms with Crippen molar-refractivity contribution in [1.82, 2.24) is 0 Å². The SMILES string of the molecule is CC(C)(C)[Si](C)(C)O[C@H]1CC[C@H]2[C@@H]3CCC4=CC(=O)CC[C@]45[C@@H](Br)[C@]35CC[C@]12C. The number of halogens is 1. The second kappa shape index (κ2) is 6.10. The summed E-state index contributed by atoms with van der Waals surface area (Å²) in [6, 6.07) is 0. The molecule has 7 atom stereocenters. The Morgan fingerprint density at radius 2 is 1.79 bits per heavy atom. The molecular weight excluding hydrogens is 440 g/mol. The highest BCUT2D eigenvalue weighted by Gasteiger charge is 2.82. The van der Waals surface area contributed by atoms with Crippen LogP contribution in [0.4, 0.5) is 0 Å². The Morgan fingerprint density at radius 3 is 2.48 bits per heavy atom. The van der Waals surface area contributed by atoms with Crippen molar-refractivity contribution in [3.05, 3.63) is 11.6 Å². The van der Waals surface area contributed by atoms with Gasteiger partial charge in [0.2, 0.25) is 0 Å². The van der Waals surface area contributed by atoms with E-state index >= 15 is 0 Å². The van der Waals surface area contributed by atoms with Crippen LogP contribution in [0.25, 0.3) is 0 Å². The van der Waals surface area contributed by atoms with Gasteiger partial charge in [-0.1, -0.05) is 49.2 Å². The third-order valence-electron chi connectivity index (χ3n) is 10.8. The standard InChI is InChI=1S/C25H39BrO2Si/c1-22(2,3)29(5,6)28-20-10-9-18-19-8-7-16-15-17(27)11-12-24(16)21(26)25(19,24)14-13-23(18,20)4/h15,18-21H,7-14H2,1-6H3/t18-,19-,20-,21+,23-,24+,25-/m0/s1. The lowest BCUT2D eigenvalue weighted by atomic mass is 9.52. The van der Waals surface area contributed by atoms with Crippen LogP contribution in [0.15, 0.2) is 11.6 Å². The molecule has 2 nitrogen and oxygen atoms in total. The summed E-state index contributed by atoms with van der Waals surface area (Å²) in [7, 11) is -1.75. The lowest BCUT2D eigenvalue weighted by molar-refractivity contribution is -0.116. The molecule has 0 aromatic heterocycles. The zero-order valence-corrected chi connectivity index (χ0v) is 21.8. The van der Waals surface area contributed by atoms with Gasteiger partial charge in [-0.2, -0.15) is 0 Å². The molecule has 2 spiro atoms. The minimum absolute atomic E-state index is 0.276. The summed E-state index contributed by atoms with van der Waals surface area (Å²) in [6.45, 7) is 14.5. The molecule has 29 heavy (non-hydrogen) atoms. The average Bonchev–Trinajstić information content (AvgIpc) is 2.98. The van der Waals surface area contributed by atoms with E-state index in [0.717, 1.165) is 31.1 Å². The van der Waals surface area contributed by atoms with Crippen LogP contribution < -0.4 is 0 Å². The van der Waals surface area contributed by atoms with Crippen molar-refractivity contribution < 1.29 is 9.22 Å². The third kappa shape index (κ3) is 2.46. The van der Waals surface area contributed by atoms with Gasteiger partial charge in [-0.25, -0.2) is 0 Å². The van der Waals surface area contributed by atoms with E-state index in [2.05, 4.69) is 62.8 Å². The van der Waals surface area contributed by atoms with Crippen LogP contribution in [0.3, 0.4) is 0 Å². The first-order chi connectivity index (χ1) is 13.4. The molecule has 0 radical (unpaired) electrons. The first-order valence-electron chi connectivity index (χ1n) is 12.0. The van der Waals surface area contributed by atoms with Crippen molar-refractivity contribution in [3.63, 3.8) is 0 Å². The smallest absolute Gasteiger partial charge is 0.192 e. The maximum atomic E-state index is 12.1. The quantitative estimate of drug-likeness (QED) is 0.314. The summed E-state index contributed by atoms with van der Waals surface area (Å²) in [6.07, 6.45) is 12.0. The highest BCUT2D eigenvalue weighted by atomic mass is 79.9. The van der Waals surface area contributed by atoms with Crippen LogP contribution in [0, 0.1) is 28.1 Å². The van der Waals surface area contributed by atoms with Gasteiger partial charge in [0.15, 0.2) is 14.1 Å². The van der Waals surface area contributed by atoms with Crippen LogP contribution in [0.2, 0.25) is 18.1 Å². The van der Waals surface area contributed by atoms with Crippen LogP contribution in [-0.4, -0.2) is 25.0 Å². The predicted octanol–water partition coefficient (Wildman–Crippen LogP) is 7.04. The molecule has 5 rings (SSSR count). The van der Waals surface area contributed by atoms with Gasteiger partial charge < -0.3 is 4.43 Å². The highest BCUT2D eigenvalue weighted by molar-refractivity contribution is 9.09. The van der Waals surface area contributed by atoms with Crippen molar-refractivity contribution in [1.29, 1.82) is 0 Å². The molecule has 4 fully saturated rings. The van der Waals surface area contributed by atoms with Gasteiger partial charge in [-0.05, 0) is 91.8 Å². The van der Waals surface area contributed by atoms with E-state index in [0.29, 0.717) is 33.0 Å². The minimum Gasteiger partial charge on any atom is -0.413 e. The number of ketones is 1. The maximum absolute atomic E-state index is 12.1. The molecule has 0 heterocycles. The van der Waals surface area contributed by atoms with E-state index in [1.54, 1.807) is 0 Å². The van der Waals surface area contributed by atoms with Crippen LogP contribution in [0.5, 0.6) is 0 Å². The Morgan fingerprint density at radius 1 is 1.07 bits per heavy atom. The summed E-state index contributed by atoms with van der Waals surface area (Å²) in [5.74, 6) is 1.98. The van der Waals surface area contributed by atoms with Gasteiger partial charge in [0, 0.05) is 16.7 Å². The molecule has 0 bridgehead atoms.